The van der Waals surface area contributed by atoms with E-state index in [1.165, 1.54) is 6.07 Å². The van der Waals surface area contributed by atoms with Gasteiger partial charge in [-0.25, -0.2) is 4.79 Å². The van der Waals surface area contributed by atoms with Crippen LogP contribution in [0.3, 0.4) is 0 Å². The van der Waals surface area contributed by atoms with Gasteiger partial charge in [0.1, 0.15) is 12.1 Å². The van der Waals surface area contributed by atoms with Gasteiger partial charge in [-0.2, -0.15) is 0 Å². The Balaban J connectivity index is 2.04. The van der Waals surface area contributed by atoms with Crippen molar-refractivity contribution in [2.75, 3.05) is 11.9 Å². The highest BCUT2D eigenvalue weighted by atomic mass is 35.5. The molecule has 2 N–H and O–H groups in total. The topological polar surface area (TPSA) is 78.5 Å². The summed E-state index contributed by atoms with van der Waals surface area (Å²) in [5.74, 6) is -0.911. The summed E-state index contributed by atoms with van der Waals surface area (Å²) in [7, 11) is 0. The molecule has 1 heterocycles. The van der Waals surface area contributed by atoms with Gasteiger partial charge in [-0.05, 0) is 31.5 Å². The van der Waals surface area contributed by atoms with Crippen molar-refractivity contribution in [3.8, 4) is 0 Å². The molecule has 1 atom stereocenters. The molecule has 6 nitrogen and oxygen atoms in total. The summed E-state index contributed by atoms with van der Waals surface area (Å²) in [5.41, 5.74) is -0.522. The molecule has 0 spiro atoms. The van der Waals surface area contributed by atoms with Crippen molar-refractivity contribution in [1.82, 2.24) is 10.2 Å². The molecule has 0 unspecified atom stereocenters. The van der Waals surface area contributed by atoms with E-state index in [1.54, 1.807) is 26.0 Å². The lowest BCUT2D eigenvalue weighted by Crippen LogP contribution is -2.44. The number of imide groups is 1. The van der Waals surface area contributed by atoms with Gasteiger partial charge in [0, 0.05) is 5.69 Å². The van der Waals surface area contributed by atoms with Crippen LogP contribution in [0.4, 0.5) is 10.5 Å². The van der Waals surface area contributed by atoms with Crippen molar-refractivity contribution < 1.29 is 14.4 Å². The number of halogens is 2. The molecule has 1 saturated heterocycles. The Hall–Kier alpha value is -1.79. The minimum Gasteiger partial charge on any atom is -0.324 e. The van der Waals surface area contributed by atoms with Crippen LogP contribution in [-0.2, 0) is 9.59 Å². The summed E-state index contributed by atoms with van der Waals surface area (Å²) in [6.07, 6.45) is 0.447. The molecule has 22 heavy (non-hydrogen) atoms. The van der Waals surface area contributed by atoms with Gasteiger partial charge in [-0.3, -0.25) is 14.5 Å². The van der Waals surface area contributed by atoms with E-state index in [4.69, 9.17) is 23.2 Å². The third-order valence-corrected chi connectivity index (χ3v) is 4.30. The molecule has 1 fully saturated rings. The number of urea groups is 1. The van der Waals surface area contributed by atoms with Gasteiger partial charge in [-0.1, -0.05) is 30.1 Å². The molecular weight excluding hydrogens is 329 g/mol. The van der Waals surface area contributed by atoms with Crippen molar-refractivity contribution in [2.24, 2.45) is 0 Å². The van der Waals surface area contributed by atoms with Crippen molar-refractivity contribution in [3.63, 3.8) is 0 Å². The lowest BCUT2D eigenvalue weighted by atomic mass is 9.99. The highest BCUT2D eigenvalue weighted by Crippen LogP contribution is 2.25. The molecule has 0 aliphatic carbocycles. The van der Waals surface area contributed by atoms with Gasteiger partial charge in [-0.15, -0.1) is 0 Å². The largest absolute Gasteiger partial charge is 0.325 e. The first-order valence-electron chi connectivity index (χ1n) is 6.66. The fourth-order valence-electron chi connectivity index (χ4n) is 2.05. The van der Waals surface area contributed by atoms with Gasteiger partial charge < -0.3 is 10.6 Å². The van der Waals surface area contributed by atoms with E-state index in [-0.39, 0.29) is 6.54 Å². The number of hydrogen-bond donors (Lipinski definition) is 2. The minimum atomic E-state index is -0.957. The molecular formula is C14H15Cl2N3O3. The number of nitrogens with zero attached hydrogens (tertiary/aromatic N) is 1. The van der Waals surface area contributed by atoms with Crippen molar-refractivity contribution >= 4 is 46.7 Å². The third-order valence-electron chi connectivity index (χ3n) is 3.56. The Kier molecular flexibility index (Phi) is 4.63. The summed E-state index contributed by atoms with van der Waals surface area (Å²) in [4.78, 5) is 36.9. The smallest absolute Gasteiger partial charge is 0.324 e. The second-order valence-corrected chi connectivity index (χ2v) is 6.00. The summed E-state index contributed by atoms with van der Waals surface area (Å²) in [6.45, 7) is 3.06. The lowest BCUT2D eigenvalue weighted by Gasteiger charge is -2.19. The zero-order valence-electron chi connectivity index (χ0n) is 12.1. The molecule has 0 saturated carbocycles. The molecule has 0 bridgehead atoms. The van der Waals surface area contributed by atoms with Gasteiger partial charge in [0.25, 0.3) is 5.91 Å². The van der Waals surface area contributed by atoms with Crippen LogP contribution in [0.5, 0.6) is 0 Å². The first kappa shape index (κ1) is 16.6. The quantitative estimate of drug-likeness (QED) is 0.825. The van der Waals surface area contributed by atoms with Gasteiger partial charge in [0.05, 0.1) is 10.0 Å². The van der Waals surface area contributed by atoms with Crippen LogP contribution in [-0.4, -0.2) is 34.8 Å². The molecule has 1 aromatic carbocycles. The van der Waals surface area contributed by atoms with Gasteiger partial charge in [0.2, 0.25) is 5.91 Å². The Morgan fingerprint density at radius 1 is 1.32 bits per heavy atom. The van der Waals surface area contributed by atoms with E-state index in [0.29, 0.717) is 22.2 Å². The van der Waals surface area contributed by atoms with Crippen molar-refractivity contribution in [1.29, 1.82) is 0 Å². The van der Waals surface area contributed by atoms with Crippen LogP contribution in [0.25, 0.3) is 0 Å². The highest BCUT2D eigenvalue weighted by molar-refractivity contribution is 6.42. The normalized spacial score (nSPS) is 21.0. The molecule has 2 rings (SSSR count). The molecule has 1 aliphatic heterocycles. The molecule has 1 aromatic rings. The second-order valence-electron chi connectivity index (χ2n) is 5.18. The minimum absolute atomic E-state index is 0.299. The standard InChI is InChI=1S/C14H15Cl2N3O3/c1-3-14(2)12(21)19(13(22)18-14)7-11(20)17-8-4-5-9(15)10(16)6-8/h4-6H,3,7H2,1-2H3,(H,17,20)(H,18,22)/t14-/m1/s1. The van der Waals surface area contributed by atoms with E-state index >= 15 is 0 Å². The fraction of sp³-hybridized carbons (Fsp3) is 0.357. The van der Waals surface area contributed by atoms with Crippen LogP contribution in [0.1, 0.15) is 20.3 Å². The maximum atomic E-state index is 12.2. The monoisotopic (exact) mass is 343 g/mol. The number of carbonyl (C=O) groups excluding carboxylic acids is 3. The van der Waals surface area contributed by atoms with Crippen molar-refractivity contribution in [2.45, 2.75) is 25.8 Å². The zero-order valence-corrected chi connectivity index (χ0v) is 13.6. The number of rotatable bonds is 4. The number of benzene rings is 1. The Bertz CT molecular complexity index is 650. The van der Waals surface area contributed by atoms with Gasteiger partial charge in [0.15, 0.2) is 0 Å². The molecule has 0 radical (unpaired) electrons. The first-order valence-corrected chi connectivity index (χ1v) is 7.41. The molecule has 1 aliphatic rings. The fourth-order valence-corrected chi connectivity index (χ4v) is 2.35. The van der Waals surface area contributed by atoms with E-state index < -0.39 is 23.4 Å². The predicted molar refractivity (Wildman–Crippen MR) is 84.0 cm³/mol. The van der Waals surface area contributed by atoms with Crippen LogP contribution in [0.2, 0.25) is 10.0 Å². The van der Waals surface area contributed by atoms with Crippen LogP contribution in [0, 0.1) is 0 Å². The second kappa shape index (κ2) is 6.14. The average Bonchev–Trinajstić information content (AvgIpc) is 2.67. The van der Waals surface area contributed by atoms with Crippen LogP contribution >= 0.6 is 23.2 Å². The summed E-state index contributed by atoms with van der Waals surface area (Å²) in [5, 5.41) is 5.82. The number of nitrogens with one attached hydrogen (secondary N) is 2. The van der Waals surface area contributed by atoms with Crippen LogP contribution in [0.15, 0.2) is 18.2 Å². The first-order chi connectivity index (χ1) is 10.3. The lowest BCUT2D eigenvalue weighted by molar-refractivity contribution is -0.133. The maximum absolute atomic E-state index is 12.2. The Morgan fingerprint density at radius 2 is 2.00 bits per heavy atom. The van der Waals surface area contributed by atoms with Crippen molar-refractivity contribution in [3.05, 3.63) is 28.2 Å². The maximum Gasteiger partial charge on any atom is 0.325 e. The third kappa shape index (κ3) is 3.18. The Labute approximate surface area is 137 Å². The molecule has 4 amide bonds. The Morgan fingerprint density at radius 3 is 2.55 bits per heavy atom. The van der Waals surface area contributed by atoms with E-state index in [9.17, 15) is 14.4 Å². The van der Waals surface area contributed by atoms with E-state index in [0.717, 1.165) is 4.90 Å². The number of amides is 4. The highest BCUT2D eigenvalue weighted by Gasteiger charge is 2.46. The molecule has 118 valence electrons. The van der Waals surface area contributed by atoms with E-state index in [2.05, 4.69) is 10.6 Å². The van der Waals surface area contributed by atoms with E-state index in [1.807, 2.05) is 0 Å². The summed E-state index contributed by atoms with van der Waals surface area (Å²) < 4.78 is 0. The number of hydrogen-bond acceptors (Lipinski definition) is 3. The summed E-state index contributed by atoms with van der Waals surface area (Å²) >= 11 is 11.6. The SMILES string of the molecule is CC[C@@]1(C)NC(=O)N(CC(=O)Nc2ccc(Cl)c(Cl)c2)C1=O. The average molecular weight is 344 g/mol. The van der Waals surface area contributed by atoms with Gasteiger partial charge >= 0.3 is 6.03 Å². The predicted octanol–water partition coefficient (Wildman–Crippen LogP) is 2.65. The molecule has 8 heteroatoms. The summed E-state index contributed by atoms with van der Waals surface area (Å²) in [6, 6.07) is 4.04. The molecule has 0 aromatic heterocycles. The zero-order chi connectivity index (χ0) is 16.5. The van der Waals surface area contributed by atoms with Crippen LogP contribution < -0.4 is 10.6 Å². The number of carbonyl (C=O) groups is 3. The number of anilines is 1.